The number of nitro benzene ring substituents is 1. The molecule has 0 saturated heterocycles. The predicted molar refractivity (Wildman–Crippen MR) is 137 cm³/mol. The molecule has 0 aromatic heterocycles. The number of halogens is 3. The van der Waals surface area contributed by atoms with Gasteiger partial charge in [-0.3, -0.25) is 15.0 Å². The van der Waals surface area contributed by atoms with Gasteiger partial charge in [0.2, 0.25) is 10.0 Å². The zero-order valence-electron chi connectivity index (χ0n) is 20.2. The van der Waals surface area contributed by atoms with Crippen LogP contribution in [0.25, 0.3) is 0 Å². The van der Waals surface area contributed by atoms with E-state index in [1.54, 1.807) is 0 Å². The van der Waals surface area contributed by atoms with Crippen LogP contribution in [0.5, 0.6) is 0 Å². The minimum absolute atomic E-state index is 0.0551. The number of hydrogen-bond acceptors (Lipinski definition) is 8. The van der Waals surface area contributed by atoms with Crippen molar-refractivity contribution in [3.63, 3.8) is 0 Å². The van der Waals surface area contributed by atoms with E-state index in [2.05, 4.69) is 5.32 Å². The highest BCUT2D eigenvalue weighted by molar-refractivity contribution is 7.99. The Morgan fingerprint density at radius 1 is 1.17 bits per heavy atom. The second-order valence-electron chi connectivity index (χ2n) is 8.33. The number of sulfonamides is 1. The molecule has 2 rings (SSSR count). The Morgan fingerprint density at radius 2 is 1.75 bits per heavy atom. The lowest BCUT2D eigenvalue weighted by molar-refractivity contribution is -0.384. The summed E-state index contributed by atoms with van der Waals surface area (Å²) in [6, 6.07) is 12.4. The molecule has 0 heterocycles. The van der Waals surface area contributed by atoms with Crippen LogP contribution >= 0.6 is 11.8 Å². The van der Waals surface area contributed by atoms with Gasteiger partial charge in [-0.2, -0.15) is 13.2 Å². The van der Waals surface area contributed by atoms with E-state index in [9.17, 15) is 31.7 Å². The summed E-state index contributed by atoms with van der Waals surface area (Å²) >= 11 is 1.45. The maximum Gasteiger partial charge on any atom is 0.401 e. The Bertz CT molecular complexity index is 1070. The molecule has 0 radical (unpaired) electrons. The molecule has 0 aliphatic heterocycles. The lowest BCUT2D eigenvalue weighted by Crippen LogP contribution is -2.35. The summed E-state index contributed by atoms with van der Waals surface area (Å²) in [6.07, 6.45) is -4.07. The number of anilines is 1. The van der Waals surface area contributed by atoms with Crippen molar-refractivity contribution >= 4 is 33.2 Å². The minimum Gasteiger partial charge on any atom is -0.376 e. The van der Waals surface area contributed by atoms with Crippen LogP contribution in [0.2, 0.25) is 0 Å². The number of nitrogens with two attached hydrogens (primary N) is 2. The Labute approximate surface area is 213 Å². The molecule has 0 spiro atoms. The van der Waals surface area contributed by atoms with Gasteiger partial charge in [0.25, 0.3) is 5.69 Å². The lowest BCUT2D eigenvalue weighted by atomic mass is 10.2. The van der Waals surface area contributed by atoms with E-state index in [1.165, 1.54) is 24.9 Å². The number of alkyl halides is 3. The fourth-order valence-electron chi connectivity index (χ4n) is 2.85. The van der Waals surface area contributed by atoms with Gasteiger partial charge in [-0.25, -0.2) is 13.6 Å². The average molecular weight is 552 g/mol. The fraction of sp³-hybridized carbons (Fsp3) is 0.455. The number of hydrogen-bond donors (Lipinski definition) is 3. The monoisotopic (exact) mass is 551 g/mol. The van der Waals surface area contributed by atoms with Crippen molar-refractivity contribution in [2.24, 2.45) is 10.9 Å². The van der Waals surface area contributed by atoms with Crippen LogP contribution in [0.3, 0.4) is 0 Å². The quantitative estimate of drug-likeness (QED) is 0.215. The lowest BCUT2D eigenvalue weighted by Gasteiger charge is -2.24. The van der Waals surface area contributed by atoms with Crippen LogP contribution in [0, 0.1) is 10.1 Å². The first kappa shape index (κ1) is 31.6. The van der Waals surface area contributed by atoms with Gasteiger partial charge in [0.1, 0.15) is 5.69 Å². The Hall–Kier alpha value is -2.39. The third kappa shape index (κ3) is 13.1. The zero-order chi connectivity index (χ0) is 27.5. The zero-order valence-corrected chi connectivity index (χ0v) is 21.9. The number of nitro groups is 1. The summed E-state index contributed by atoms with van der Waals surface area (Å²) in [6.45, 7) is 2.91. The third-order valence-corrected chi connectivity index (χ3v) is 6.44. The summed E-state index contributed by atoms with van der Waals surface area (Å²) in [5, 5.41) is 19.5. The number of benzene rings is 2. The molecule has 1 atom stereocenters. The number of primary sulfonamides is 1. The molecule has 0 fully saturated rings. The largest absolute Gasteiger partial charge is 0.401 e. The van der Waals surface area contributed by atoms with Crippen LogP contribution in [-0.4, -0.2) is 62.4 Å². The summed E-state index contributed by atoms with van der Waals surface area (Å²) in [4.78, 5) is 12.4. The highest BCUT2D eigenvalue weighted by Gasteiger charge is 2.29. The topological polar surface area (TPSA) is 145 Å². The Morgan fingerprint density at radius 3 is 2.25 bits per heavy atom. The SMILES string of the molecule is CC(C)N.CN(CC[C@H](CSc1ccccc1)Nc1ccc(S(N)(=O)=O)cc1[N+](=O)[O-])CC(F)(F)F. The van der Waals surface area contributed by atoms with Gasteiger partial charge in [-0.05, 0) is 43.8 Å². The van der Waals surface area contributed by atoms with Gasteiger partial charge < -0.3 is 11.1 Å². The van der Waals surface area contributed by atoms with Crippen molar-refractivity contribution in [2.75, 3.05) is 31.2 Å². The van der Waals surface area contributed by atoms with Crippen LogP contribution in [0.15, 0.2) is 58.3 Å². The van der Waals surface area contributed by atoms with Crippen molar-refractivity contribution in [3.05, 3.63) is 58.6 Å². The molecule has 0 aliphatic carbocycles. The number of nitrogens with zero attached hydrogens (tertiary/aromatic N) is 2. The third-order valence-electron chi connectivity index (χ3n) is 4.36. The van der Waals surface area contributed by atoms with Crippen LogP contribution in [0.1, 0.15) is 20.3 Å². The molecule has 0 saturated carbocycles. The van der Waals surface area contributed by atoms with E-state index in [-0.39, 0.29) is 18.7 Å². The summed E-state index contributed by atoms with van der Waals surface area (Å²) in [7, 11) is -2.79. The fourth-order valence-corrected chi connectivity index (χ4v) is 4.38. The van der Waals surface area contributed by atoms with Gasteiger partial charge in [-0.1, -0.05) is 32.0 Å². The van der Waals surface area contributed by atoms with Crippen molar-refractivity contribution < 1.29 is 26.5 Å². The van der Waals surface area contributed by atoms with Crippen LogP contribution in [-0.2, 0) is 10.0 Å². The molecule has 0 bridgehead atoms. The molecule has 0 unspecified atom stereocenters. The first-order chi connectivity index (χ1) is 16.6. The van der Waals surface area contributed by atoms with E-state index in [1.807, 2.05) is 44.2 Å². The standard InChI is InChI=1S/C19H23F3N4O4S2.C3H9N/c1-25(13-19(20,21)22)10-9-14(12-31-15-5-3-2-4-6-15)24-17-8-7-16(32(23,29)30)11-18(17)26(27)28;1-3(2)4/h2-8,11,14,24H,9-10,12-13H2,1H3,(H2,23,29,30);3H,4H2,1-2H3/t14-;/m1./s1. The van der Waals surface area contributed by atoms with E-state index < -0.39 is 44.3 Å². The second-order valence-corrected chi connectivity index (χ2v) is 11.0. The maximum absolute atomic E-state index is 12.6. The molecule has 5 N–H and O–H groups in total. The van der Waals surface area contributed by atoms with Crippen molar-refractivity contribution in [1.82, 2.24) is 4.90 Å². The second kappa shape index (κ2) is 14.4. The van der Waals surface area contributed by atoms with Crippen LogP contribution in [0.4, 0.5) is 24.5 Å². The first-order valence-electron chi connectivity index (χ1n) is 10.8. The molecule has 2 aromatic carbocycles. The Balaban J connectivity index is 0.00000150. The number of rotatable bonds is 11. The molecule has 202 valence electrons. The van der Waals surface area contributed by atoms with Gasteiger partial charge in [-0.15, -0.1) is 11.8 Å². The summed E-state index contributed by atoms with van der Waals surface area (Å²) in [5.41, 5.74) is 4.68. The molecular weight excluding hydrogens is 519 g/mol. The molecule has 0 aliphatic rings. The van der Waals surface area contributed by atoms with Gasteiger partial charge in [0, 0.05) is 29.3 Å². The van der Waals surface area contributed by atoms with E-state index >= 15 is 0 Å². The summed E-state index contributed by atoms with van der Waals surface area (Å²) < 4.78 is 60.9. The maximum atomic E-state index is 12.6. The molecule has 9 nitrogen and oxygen atoms in total. The molecule has 36 heavy (non-hydrogen) atoms. The minimum atomic E-state index is -4.33. The first-order valence-corrected chi connectivity index (χ1v) is 13.4. The van der Waals surface area contributed by atoms with Crippen molar-refractivity contribution in [3.8, 4) is 0 Å². The van der Waals surface area contributed by atoms with Crippen molar-refractivity contribution in [2.45, 2.75) is 48.3 Å². The molecular formula is C22H32F3N5O4S2. The normalized spacial score (nSPS) is 12.7. The summed E-state index contributed by atoms with van der Waals surface area (Å²) in [5.74, 6) is 0.415. The Kier molecular flexibility index (Phi) is 12.6. The van der Waals surface area contributed by atoms with Crippen molar-refractivity contribution in [1.29, 1.82) is 0 Å². The van der Waals surface area contributed by atoms with Gasteiger partial charge in [0.15, 0.2) is 0 Å². The van der Waals surface area contributed by atoms with Gasteiger partial charge >= 0.3 is 6.18 Å². The smallest absolute Gasteiger partial charge is 0.376 e. The molecule has 14 heteroatoms. The van der Waals surface area contributed by atoms with Gasteiger partial charge in [0.05, 0.1) is 16.4 Å². The molecule has 2 aromatic rings. The van der Waals surface area contributed by atoms with E-state index in [0.29, 0.717) is 11.8 Å². The van der Waals surface area contributed by atoms with Crippen LogP contribution < -0.4 is 16.2 Å². The number of thioether (sulfide) groups is 1. The average Bonchev–Trinajstić information content (AvgIpc) is 2.74. The molecule has 0 amide bonds. The van der Waals surface area contributed by atoms with E-state index in [0.717, 1.165) is 21.9 Å². The highest BCUT2D eigenvalue weighted by atomic mass is 32.2. The van der Waals surface area contributed by atoms with E-state index in [4.69, 9.17) is 10.9 Å². The highest BCUT2D eigenvalue weighted by Crippen LogP contribution is 2.29. The number of nitrogens with one attached hydrogen (secondary N) is 1. The predicted octanol–water partition coefficient (Wildman–Crippen LogP) is 4.05.